The zero-order valence-electron chi connectivity index (χ0n) is 7.05. The fourth-order valence-electron chi connectivity index (χ4n) is 1.73. The number of carbonyl (C=O) groups is 1. The Morgan fingerprint density at radius 3 is 1.90 bits per heavy atom. The summed E-state index contributed by atoms with van der Waals surface area (Å²) in [5.74, 6) is 2.41. The van der Waals surface area contributed by atoms with Gasteiger partial charge in [0.2, 0.25) is 0 Å². The Morgan fingerprint density at radius 2 is 1.50 bits per heavy atom. The van der Waals surface area contributed by atoms with Crippen molar-refractivity contribution in [2.24, 2.45) is 17.8 Å². The van der Waals surface area contributed by atoms with E-state index in [0.717, 1.165) is 18.8 Å². The zero-order chi connectivity index (χ0) is 7.72. The van der Waals surface area contributed by atoms with Crippen LogP contribution < -0.4 is 0 Å². The highest BCUT2D eigenvalue weighted by atomic mass is 16.1. The van der Waals surface area contributed by atoms with Gasteiger partial charge in [-0.05, 0) is 17.8 Å². The van der Waals surface area contributed by atoms with Crippen LogP contribution >= 0.6 is 0 Å². The fourth-order valence-corrected chi connectivity index (χ4v) is 1.73. The molecule has 0 heterocycles. The summed E-state index contributed by atoms with van der Waals surface area (Å²) in [4.78, 5) is 11.0. The maximum atomic E-state index is 11.0. The molecule has 1 unspecified atom stereocenters. The molecule has 1 fully saturated rings. The van der Waals surface area contributed by atoms with E-state index >= 15 is 0 Å². The van der Waals surface area contributed by atoms with Crippen LogP contribution in [0.3, 0.4) is 0 Å². The Labute approximate surface area is 62.8 Å². The SMILES string of the molecule is CC1[C@H](C)CC(=O)C[C@@H]1C. The molecule has 0 aromatic carbocycles. The molecule has 1 heteroatoms. The molecule has 58 valence electrons. The van der Waals surface area contributed by atoms with Gasteiger partial charge in [-0.1, -0.05) is 20.8 Å². The second-order valence-electron chi connectivity index (χ2n) is 3.76. The summed E-state index contributed by atoms with van der Waals surface area (Å²) in [6, 6.07) is 0. The number of Topliss-reactive ketones (excluding diaryl/α,β-unsaturated/α-hetero) is 1. The molecule has 10 heavy (non-hydrogen) atoms. The number of hydrogen-bond acceptors (Lipinski definition) is 1. The predicted molar refractivity (Wildman–Crippen MR) is 41.7 cm³/mol. The van der Waals surface area contributed by atoms with Crippen LogP contribution in [0, 0.1) is 17.8 Å². The topological polar surface area (TPSA) is 17.1 Å². The first kappa shape index (κ1) is 7.77. The molecule has 0 radical (unpaired) electrons. The number of hydrogen-bond donors (Lipinski definition) is 0. The highest BCUT2D eigenvalue weighted by molar-refractivity contribution is 5.79. The van der Waals surface area contributed by atoms with Crippen LogP contribution in [0.2, 0.25) is 0 Å². The Kier molecular flexibility index (Phi) is 2.12. The molecule has 0 bridgehead atoms. The number of carbonyl (C=O) groups excluding carboxylic acids is 1. The molecule has 3 atom stereocenters. The van der Waals surface area contributed by atoms with Gasteiger partial charge in [0.1, 0.15) is 5.78 Å². The third-order valence-electron chi connectivity index (χ3n) is 2.89. The summed E-state index contributed by atoms with van der Waals surface area (Å²) in [6.07, 6.45) is 1.62. The van der Waals surface area contributed by atoms with E-state index in [9.17, 15) is 4.79 Å². The molecular formula is C9H16O. The molecule has 0 saturated heterocycles. The van der Waals surface area contributed by atoms with Gasteiger partial charge in [-0.15, -0.1) is 0 Å². The third kappa shape index (κ3) is 1.39. The minimum absolute atomic E-state index is 0.457. The Morgan fingerprint density at radius 1 is 1.10 bits per heavy atom. The first-order valence-electron chi connectivity index (χ1n) is 4.13. The minimum atomic E-state index is 0.457. The lowest BCUT2D eigenvalue weighted by atomic mass is 9.74. The summed E-state index contributed by atoms with van der Waals surface area (Å²) < 4.78 is 0. The standard InChI is InChI=1S/C9H16O/c1-6-4-9(10)5-7(2)8(6)3/h6-8H,4-5H2,1-3H3/t6-,7+,8?. The molecule has 0 amide bonds. The lowest BCUT2D eigenvalue weighted by Gasteiger charge is -2.30. The van der Waals surface area contributed by atoms with E-state index in [2.05, 4.69) is 20.8 Å². The maximum absolute atomic E-state index is 11.0. The molecule has 0 aromatic rings. The highest BCUT2D eigenvalue weighted by Crippen LogP contribution is 2.31. The molecule has 0 N–H and O–H groups in total. The molecule has 1 aliphatic rings. The van der Waals surface area contributed by atoms with Crippen LogP contribution in [0.15, 0.2) is 0 Å². The van der Waals surface area contributed by atoms with Crippen LogP contribution in [0.5, 0.6) is 0 Å². The molecule has 0 spiro atoms. The van der Waals surface area contributed by atoms with Crippen molar-refractivity contribution in [2.45, 2.75) is 33.6 Å². The smallest absolute Gasteiger partial charge is 0.133 e. The Balaban J connectivity index is 2.57. The van der Waals surface area contributed by atoms with Crippen LogP contribution in [-0.2, 0) is 4.79 Å². The summed E-state index contributed by atoms with van der Waals surface area (Å²) in [7, 11) is 0. The second-order valence-corrected chi connectivity index (χ2v) is 3.76. The first-order valence-corrected chi connectivity index (χ1v) is 4.13. The van der Waals surface area contributed by atoms with Crippen molar-refractivity contribution in [3.05, 3.63) is 0 Å². The Bertz CT molecular complexity index is 126. The lowest BCUT2D eigenvalue weighted by Crippen LogP contribution is -2.27. The Hall–Kier alpha value is -0.330. The molecular weight excluding hydrogens is 124 g/mol. The van der Waals surface area contributed by atoms with Crippen LogP contribution in [0.1, 0.15) is 33.6 Å². The molecule has 1 rings (SSSR count). The average molecular weight is 140 g/mol. The van der Waals surface area contributed by atoms with Crippen LogP contribution in [-0.4, -0.2) is 5.78 Å². The number of rotatable bonds is 0. The predicted octanol–water partition coefficient (Wildman–Crippen LogP) is 2.26. The third-order valence-corrected chi connectivity index (χ3v) is 2.89. The lowest BCUT2D eigenvalue weighted by molar-refractivity contribution is -0.123. The van der Waals surface area contributed by atoms with E-state index in [-0.39, 0.29) is 0 Å². The molecule has 1 nitrogen and oxygen atoms in total. The van der Waals surface area contributed by atoms with Gasteiger partial charge in [0.15, 0.2) is 0 Å². The van der Waals surface area contributed by atoms with Crippen molar-refractivity contribution in [1.29, 1.82) is 0 Å². The minimum Gasteiger partial charge on any atom is -0.300 e. The fraction of sp³-hybridized carbons (Fsp3) is 0.889. The van der Waals surface area contributed by atoms with Crippen molar-refractivity contribution in [3.63, 3.8) is 0 Å². The van der Waals surface area contributed by atoms with Crippen molar-refractivity contribution < 1.29 is 4.79 Å². The normalized spacial score (nSPS) is 41.9. The quantitative estimate of drug-likeness (QED) is 0.504. The van der Waals surface area contributed by atoms with Crippen molar-refractivity contribution in [2.75, 3.05) is 0 Å². The van der Waals surface area contributed by atoms with Gasteiger partial charge in [-0.3, -0.25) is 4.79 Å². The van der Waals surface area contributed by atoms with E-state index in [1.165, 1.54) is 0 Å². The molecule has 0 aromatic heterocycles. The van der Waals surface area contributed by atoms with E-state index in [1.807, 2.05) is 0 Å². The van der Waals surface area contributed by atoms with Crippen LogP contribution in [0.25, 0.3) is 0 Å². The van der Waals surface area contributed by atoms with Gasteiger partial charge in [0, 0.05) is 12.8 Å². The maximum Gasteiger partial charge on any atom is 0.133 e. The van der Waals surface area contributed by atoms with E-state index in [4.69, 9.17) is 0 Å². The monoisotopic (exact) mass is 140 g/mol. The van der Waals surface area contributed by atoms with Gasteiger partial charge in [0.25, 0.3) is 0 Å². The number of ketones is 1. The van der Waals surface area contributed by atoms with Crippen LogP contribution in [0.4, 0.5) is 0 Å². The van der Waals surface area contributed by atoms with Crippen molar-refractivity contribution in [3.8, 4) is 0 Å². The van der Waals surface area contributed by atoms with E-state index in [0.29, 0.717) is 17.6 Å². The van der Waals surface area contributed by atoms with Gasteiger partial charge in [0.05, 0.1) is 0 Å². The zero-order valence-corrected chi connectivity index (χ0v) is 7.05. The van der Waals surface area contributed by atoms with Gasteiger partial charge in [-0.2, -0.15) is 0 Å². The first-order chi connectivity index (χ1) is 4.61. The largest absolute Gasteiger partial charge is 0.300 e. The van der Waals surface area contributed by atoms with Gasteiger partial charge < -0.3 is 0 Å². The second kappa shape index (κ2) is 2.73. The van der Waals surface area contributed by atoms with E-state index in [1.54, 1.807) is 0 Å². The van der Waals surface area contributed by atoms with Crippen molar-refractivity contribution in [1.82, 2.24) is 0 Å². The summed E-state index contributed by atoms with van der Waals surface area (Å²) in [5.41, 5.74) is 0. The van der Waals surface area contributed by atoms with E-state index < -0.39 is 0 Å². The van der Waals surface area contributed by atoms with Crippen molar-refractivity contribution >= 4 is 5.78 Å². The molecule has 1 aliphatic carbocycles. The highest BCUT2D eigenvalue weighted by Gasteiger charge is 2.28. The van der Waals surface area contributed by atoms with Gasteiger partial charge in [-0.25, -0.2) is 0 Å². The molecule has 1 saturated carbocycles. The molecule has 0 aliphatic heterocycles. The summed E-state index contributed by atoms with van der Waals surface area (Å²) >= 11 is 0. The average Bonchev–Trinajstić information content (AvgIpc) is 1.82. The van der Waals surface area contributed by atoms with Gasteiger partial charge >= 0.3 is 0 Å². The summed E-state index contributed by atoms with van der Waals surface area (Å²) in [6.45, 7) is 6.61. The summed E-state index contributed by atoms with van der Waals surface area (Å²) in [5, 5.41) is 0.